The van der Waals surface area contributed by atoms with Crippen molar-refractivity contribution in [2.24, 2.45) is 0 Å². The molecule has 1 heterocycles. The van der Waals surface area contributed by atoms with Gasteiger partial charge in [-0.1, -0.05) is 26.0 Å². The molecular weight excluding hydrogens is 226 g/mol. The van der Waals surface area contributed by atoms with Crippen molar-refractivity contribution in [1.29, 1.82) is 5.26 Å². The molecule has 1 aliphatic rings. The predicted molar refractivity (Wildman–Crippen MR) is 69.5 cm³/mol. The van der Waals surface area contributed by atoms with Crippen LogP contribution >= 0.6 is 0 Å². The molecule has 1 aromatic rings. The average molecular weight is 245 g/mol. The van der Waals surface area contributed by atoms with Crippen molar-refractivity contribution in [3.05, 3.63) is 28.8 Å². The number of hydrogen-bond donors (Lipinski definition) is 1. The number of nitriles is 1. The van der Waals surface area contributed by atoms with Crippen LogP contribution in [0.5, 0.6) is 5.75 Å². The third-order valence-corrected chi connectivity index (χ3v) is 3.55. The van der Waals surface area contributed by atoms with Crippen molar-refractivity contribution in [3.8, 4) is 11.8 Å². The fourth-order valence-electron chi connectivity index (χ4n) is 2.56. The summed E-state index contributed by atoms with van der Waals surface area (Å²) in [7, 11) is 0. The zero-order valence-corrected chi connectivity index (χ0v) is 11.2. The molecule has 0 spiro atoms. The molecule has 0 aromatic heterocycles. The van der Waals surface area contributed by atoms with E-state index in [9.17, 15) is 10.4 Å². The van der Waals surface area contributed by atoms with Crippen LogP contribution < -0.4 is 4.74 Å². The maximum atomic E-state index is 10.6. The van der Waals surface area contributed by atoms with E-state index in [-0.39, 0.29) is 0 Å². The minimum atomic E-state index is -1.42. The molecule has 2 rings (SSSR count). The molecule has 0 bridgehead atoms. The number of aryl methyl sites for hydroxylation is 1. The Balaban J connectivity index is 2.72. The summed E-state index contributed by atoms with van der Waals surface area (Å²) in [6.45, 7) is 6.65. The molecule has 18 heavy (non-hydrogen) atoms. The van der Waals surface area contributed by atoms with Crippen molar-refractivity contribution in [3.63, 3.8) is 0 Å². The second kappa shape index (κ2) is 4.62. The highest BCUT2D eigenvalue weighted by atomic mass is 16.5. The molecular formula is C15H19NO2. The molecule has 0 aliphatic carbocycles. The van der Waals surface area contributed by atoms with Gasteiger partial charge in [0.05, 0.1) is 6.61 Å². The number of rotatable bonds is 1. The summed E-state index contributed by atoms with van der Waals surface area (Å²) >= 11 is 0. The lowest BCUT2D eigenvalue weighted by Gasteiger charge is -2.24. The Morgan fingerprint density at radius 1 is 1.44 bits per heavy atom. The van der Waals surface area contributed by atoms with Gasteiger partial charge in [-0.25, -0.2) is 0 Å². The maximum absolute atomic E-state index is 10.6. The third kappa shape index (κ3) is 1.97. The number of hydrogen-bond acceptors (Lipinski definition) is 3. The summed E-state index contributed by atoms with van der Waals surface area (Å²) in [5.41, 5.74) is 1.22. The highest BCUT2D eigenvalue weighted by Crippen LogP contribution is 2.42. The SMILES string of the molecule is Cc1ccc(C(C)C)c2c1C(O)(C#N)CCCO2. The number of benzene rings is 1. The molecule has 0 fully saturated rings. The third-order valence-electron chi connectivity index (χ3n) is 3.55. The van der Waals surface area contributed by atoms with Crippen LogP contribution in [0, 0.1) is 18.3 Å². The molecule has 0 radical (unpaired) electrons. The van der Waals surface area contributed by atoms with Crippen molar-refractivity contribution in [1.82, 2.24) is 0 Å². The Kier molecular flexibility index (Phi) is 3.32. The van der Waals surface area contributed by atoms with E-state index >= 15 is 0 Å². The Morgan fingerprint density at radius 2 is 2.17 bits per heavy atom. The van der Waals surface area contributed by atoms with Crippen molar-refractivity contribution in [2.75, 3.05) is 6.61 Å². The Bertz CT molecular complexity index is 502. The lowest BCUT2D eigenvalue weighted by molar-refractivity contribution is 0.0878. The molecule has 1 N–H and O–H groups in total. The minimum Gasteiger partial charge on any atom is -0.493 e. The molecule has 0 saturated heterocycles. The van der Waals surface area contributed by atoms with Gasteiger partial charge in [-0.2, -0.15) is 5.26 Å². The minimum absolute atomic E-state index is 0.306. The zero-order chi connectivity index (χ0) is 13.3. The summed E-state index contributed by atoms with van der Waals surface area (Å²) in [4.78, 5) is 0. The van der Waals surface area contributed by atoms with Gasteiger partial charge in [0.15, 0.2) is 5.60 Å². The van der Waals surface area contributed by atoms with Crippen molar-refractivity contribution >= 4 is 0 Å². The van der Waals surface area contributed by atoms with Gasteiger partial charge in [0.2, 0.25) is 0 Å². The fourth-order valence-corrected chi connectivity index (χ4v) is 2.56. The average Bonchev–Trinajstić information content (AvgIpc) is 2.50. The van der Waals surface area contributed by atoms with Crippen LogP contribution in [0.2, 0.25) is 0 Å². The normalized spacial score (nSPS) is 22.9. The summed E-state index contributed by atoms with van der Waals surface area (Å²) in [5.74, 6) is 1.02. The van der Waals surface area contributed by atoms with E-state index in [1.54, 1.807) is 0 Å². The lowest BCUT2D eigenvalue weighted by Crippen LogP contribution is -2.24. The smallest absolute Gasteiger partial charge is 0.180 e. The van der Waals surface area contributed by atoms with E-state index in [1.165, 1.54) is 0 Å². The highest BCUT2D eigenvalue weighted by molar-refractivity contribution is 5.53. The van der Waals surface area contributed by atoms with Crippen molar-refractivity contribution < 1.29 is 9.84 Å². The van der Waals surface area contributed by atoms with Gasteiger partial charge in [0.25, 0.3) is 0 Å². The summed E-state index contributed by atoms with van der Waals surface area (Å²) in [6.07, 6.45) is 1.12. The molecule has 0 saturated carbocycles. The lowest BCUT2D eigenvalue weighted by atomic mass is 9.84. The molecule has 3 nitrogen and oxygen atoms in total. The summed E-state index contributed by atoms with van der Waals surface area (Å²) < 4.78 is 5.81. The van der Waals surface area contributed by atoms with Crippen LogP contribution in [0.4, 0.5) is 0 Å². The first-order valence-electron chi connectivity index (χ1n) is 6.40. The quantitative estimate of drug-likeness (QED) is 0.774. The molecule has 3 heteroatoms. The van der Waals surface area contributed by atoms with E-state index in [4.69, 9.17) is 4.74 Å². The predicted octanol–water partition coefficient (Wildman–Crippen LogP) is 3.00. The first-order valence-corrected chi connectivity index (χ1v) is 6.40. The van der Waals surface area contributed by atoms with Crippen molar-refractivity contribution in [2.45, 2.75) is 45.1 Å². The van der Waals surface area contributed by atoms with Crippen LogP contribution in [0.1, 0.15) is 49.3 Å². The summed E-state index contributed by atoms with van der Waals surface area (Å²) in [5, 5.41) is 19.9. The molecule has 1 aliphatic heterocycles. The Hall–Kier alpha value is -1.53. The van der Waals surface area contributed by atoms with E-state index in [0.29, 0.717) is 36.7 Å². The van der Waals surface area contributed by atoms with Crippen LogP contribution in [-0.4, -0.2) is 11.7 Å². The maximum Gasteiger partial charge on any atom is 0.180 e. The first kappa shape index (κ1) is 12.9. The summed E-state index contributed by atoms with van der Waals surface area (Å²) in [6, 6.07) is 6.05. The topological polar surface area (TPSA) is 53.2 Å². The first-order chi connectivity index (χ1) is 8.49. The Morgan fingerprint density at radius 3 is 2.78 bits per heavy atom. The van der Waals surface area contributed by atoms with Gasteiger partial charge in [-0.15, -0.1) is 0 Å². The largest absolute Gasteiger partial charge is 0.493 e. The zero-order valence-electron chi connectivity index (χ0n) is 11.2. The van der Waals surface area contributed by atoms with Crippen LogP contribution in [0.15, 0.2) is 12.1 Å². The van der Waals surface area contributed by atoms with Gasteiger partial charge in [-0.3, -0.25) is 0 Å². The number of nitrogens with zero attached hydrogens (tertiary/aromatic N) is 1. The van der Waals surface area contributed by atoms with E-state index in [1.807, 2.05) is 19.1 Å². The van der Waals surface area contributed by atoms with Crippen LogP contribution in [0.3, 0.4) is 0 Å². The van der Waals surface area contributed by atoms with E-state index in [2.05, 4.69) is 19.9 Å². The second-order valence-corrected chi connectivity index (χ2v) is 5.25. The second-order valence-electron chi connectivity index (χ2n) is 5.25. The van der Waals surface area contributed by atoms with Crippen LogP contribution in [0.25, 0.3) is 0 Å². The molecule has 1 unspecified atom stereocenters. The number of fused-ring (bicyclic) bond motifs is 1. The standard InChI is InChI=1S/C15H19NO2/c1-10(2)12-6-5-11(3)13-14(12)18-8-4-7-15(13,17)9-16/h5-6,10,17H,4,7-8H2,1-3H3. The van der Waals surface area contributed by atoms with E-state index in [0.717, 1.165) is 11.1 Å². The molecule has 96 valence electrons. The van der Waals surface area contributed by atoms with Gasteiger partial charge in [-0.05, 0) is 36.8 Å². The number of aliphatic hydroxyl groups is 1. The molecule has 1 aromatic carbocycles. The van der Waals surface area contributed by atoms with Gasteiger partial charge in [0.1, 0.15) is 11.8 Å². The highest BCUT2D eigenvalue weighted by Gasteiger charge is 2.37. The fraction of sp³-hybridized carbons (Fsp3) is 0.533. The van der Waals surface area contributed by atoms with Crippen LogP contribution in [-0.2, 0) is 5.60 Å². The van der Waals surface area contributed by atoms with Gasteiger partial charge in [0, 0.05) is 5.56 Å². The number of ether oxygens (including phenoxy) is 1. The molecule has 0 amide bonds. The van der Waals surface area contributed by atoms with Gasteiger partial charge >= 0.3 is 0 Å². The monoisotopic (exact) mass is 245 g/mol. The van der Waals surface area contributed by atoms with E-state index < -0.39 is 5.60 Å². The Labute approximate surface area is 108 Å². The molecule has 1 atom stereocenters. The van der Waals surface area contributed by atoms with Gasteiger partial charge < -0.3 is 9.84 Å².